The first-order chi connectivity index (χ1) is 5.70. The van der Waals surface area contributed by atoms with Crippen LogP contribution in [0.15, 0.2) is 24.3 Å². The van der Waals surface area contributed by atoms with Gasteiger partial charge in [0, 0.05) is 0 Å². The first-order valence-electron chi connectivity index (χ1n) is 4.32. The van der Waals surface area contributed by atoms with E-state index in [9.17, 15) is 0 Å². The molecule has 79 valence electrons. The van der Waals surface area contributed by atoms with Gasteiger partial charge in [0.25, 0.3) is 0 Å². The summed E-state index contributed by atoms with van der Waals surface area (Å²) in [5, 5.41) is 2.82. The molecule has 0 aliphatic carbocycles. The van der Waals surface area contributed by atoms with E-state index < -0.39 is 0 Å². The Bertz CT molecular complexity index is 432. The number of hydrogen-bond acceptors (Lipinski definition) is 0. The minimum atomic E-state index is 0. The molecule has 0 saturated carbocycles. The van der Waals surface area contributed by atoms with Gasteiger partial charge in [0.1, 0.15) is 0 Å². The second-order valence-corrected chi connectivity index (χ2v) is 3.49. The summed E-state index contributed by atoms with van der Waals surface area (Å²) in [5.41, 5.74) is 4.22. The average molecular weight is 276 g/mol. The Balaban J connectivity index is 0. The van der Waals surface area contributed by atoms with Crippen molar-refractivity contribution in [2.45, 2.75) is 20.8 Å². The van der Waals surface area contributed by atoms with Gasteiger partial charge < -0.3 is 24.8 Å². The third-order valence-corrected chi connectivity index (χ3v) is 2.64. The third kappa shape index (κ3) is 3.04. The summed E-state index contributed by atoms with van der Waals surface area (Å²) < 4.78 is 0. The monoisotopic (exact) mass is 275 g/mol. The van der Waals surface area contributed by atoms with Crippen molar-refractivity contribution in [3.05, 3.63) is 41.0 Å². The molecule has 0 amide bonds. The summed E-state index contributed by atoms with van der Waals surface area (Å²) in [5.74, 6) is 0. The molecule has 0 bridgehead atoms. The van der Waals surface area contributed by atoms with E-state index in [4.69, 9.17) is 0 Å². The summed E-state index contributed by atoms with van der Waals surface area (Å²) in [4.78, 5) is 0. The van der Waals surface area contributed by atoms with E-state index in [1.54, 1.807) is 0 Å². The molecule has 0 aliphatic rings. The van der Waals surface area contributed by atoms with Gasteiger partial charge in [0.2, 0.25) is 0 Å². The molecular formula is C12H13Cl2Ti. The van der Waals surface area contributed by atoms with E-state index >= 15 is 0 Å². The van der Waals surface area contributed by atoms with Crippen molar-refractivity contribution < 1.29 is 46.5 Å². The number of aryl methyl sites for hydroxylation is 3. The van der Waals surface area contributed by atoms with Gasteiger partial charge in [-0.1, -0.05) is 25.5 Å². The van der Waals surface area contributed by atoms with Crippen molar-refractivity contribution in [2.75, 3.05) is 0 Å². The van der Waals surface area contributed by atoms with Gasteiger partial charge in [0.15, 0.2) is 0 Å². The zero-order chi connectivity index (χ0) is 8.72. The van der Waals surface area contributed by atoms with Crippen LogP contribution in [0, 0.1) is 20.8 Å². The van der Waals surface area contributed by atoms with Gasteiger partial charge in [-0.2, -0.15) is 5.56 Å². The van der Waals surface area contributed by atoms with Crippen LogP contribution in [0.4, 0.5) is 0 Å². The molecule has 2 rings (SSSR count). The Labute approximate surface area is 119 Å². The number of fused-ring (bicyclic) bond motifs is 1. The Morgan fingerprint density at radius 1 is 1.00 bits per heavy atom. The van der Waals surface area contributed by atoms with E-state index in [1.165, 1.54) is 27.5 Å². The summed E-state index contributed by atoms with van der Waals surface area (Å²) in [6.07, 6.45) is 0. The number of halogens is 2. The van der Waals surface area contributed by atoms with Crippen LogP contribution in [0.25, 0.3) is 10.8 Å². The van der Waals surface area contributed by atoms with E-state index in [0.29, 0.717) is 0 Å². The van der Waals surface area contributed by atoms with E-state index in [0.717, 1.165) is 0 Å². The zero-order valence-electron chi connectivity index (χ0n) is 9.07. The predicted molar refractivity (Wildman–Crippen MR) is 53.8 cm³/mol. The smallest absolute Gasteiger partial charge is 1.00 e. The summed E-state index contributed by atoms with van der Waals surface area (Å²) in [6, 6.07) is 8.74. The van der Waals surface area contributed by atoms with Crippen LogP contribution in [0.1, 0.15) is 16.7 Å². The van der Waals surface area contributed by atoms with Crippen molar-refractivity contribution in [1.82, 2.24) is 0 Å². The van der Waals surface area contributed by atoms with Gasteiger partial charge in [-0.05, 0) is 6.92 Å². The average Bonchev–Trinajstić information content (AvgIpc) is 2.29. The fourth-order valence-electron chi connectivity index (χ4n) is 1.86. The van der Waals surface area contributed by atoms with Crippen LogP contribution < -0.4 is 24.8 Å². The molecule has 0 unspecified atom stereocenters. The number of benzene rings is 1. The predicted octanol–water partition coefficient (Wildman–Crippen LogP) is -2.51. The molecule has 2 aromatic rings. The van der Waals surface area contributed by atoms with E-state index in [1.807, 2.05) is 0 Å². The quantitative estimate of drug-likeness (QED) is 0.368. The van der Waals surface area contributed by atoms with Gasteiger partial charge in [-0.15, -0.1) is 34.5 Å². The normalized spacial score (nSPS) is 8.73. The van der Waals surface area contributed by atoms with Crippen molar-refractivity contribution in [1.29, 1.82) is 0 Å². The van der Waals surface area contributed by atoms with E-state index in [2.05, 4.69) is 45.0 Å². The van der Waals surface area contributed by atoms with Crippen LogP contribution in [-0.2, 0) is 21.7 Å². The van der Waals surface area contributed by atoms with Gasteiger partial charge >= 0.3 is 21.7 Å². The molecule has 0 heterocycles. The van der Waals surface area contributed by atoms with Crippen LogP contribution >= 0.6 is 0 Å². The Morgan fingerprint density at radius 3 is 2.13 bits per heavy atom. The minimum Gasteiger partial charge on any atom is -1.00 e. The second kappa shape index (κ2) is 6.65. The zero-order valence-corrected chi connectivity index (χ0v) is 12.1. The van der Waals surface area contributed by atoms with Gasteiger partial charge in [-0.25, -0.2) is 0 Å². The maximum atomic E-state index is 2.26. The molecule has 0 saturated heterocycles. The standard InChI is InChI=1S/C12H13.2ClH.Ti/c1-8-5-4-6-11-7-9(2)10(3)12(8)11;;;/h4-7H,1-3H3;2*1H;/q-1;;;+3/p-2. The largest absolute Gasteiger partial charge is 3.00 e. The summed E-state index contributed by atoms with van der Waals surface area (Å²) in [7, 11) is 0. The fraction of sp³-hybridized carbons (Fsp3) is 0.250. The van der Waals surface area contributed by atoms with Crippen LogP contribution in [0.3, 0.4) is 0 Å². The molecule has 0 N–H and O–H groups in total. The summed E-state index contributed by atoms with van der Waals surface area (Å²) in [6.45, 7) is 6.55. The summed E-state index contributed by atoms with van der Waals surface area (Å²) >= 11 is 0. The molecule has 0 fully saturated rings. The van der Waals surface area contributed by atoms with Crippen LogP contribution in [0.2, 0.25) is 0 Å². The van der Waals surface area contributed by atoms with E-state index in [-0.39, 0.29) is 46.5 Å². The van der Waals surface area contributed by atoms with Crippen molar-refractivity contribution in [3.8, 4) is 0 Å². The SMILES string of the molecule is Cc1[cH-]c2cccc(C)c2c1C.[Cl-].[Cl-].[Ti+3]. The maximum absolute atomic E-state index is 2.26. The molecular weight excluding hydrogens is 263 g/mol. The maximum Gasteiger partial charge on any atom is 3.00 e. The van der Waals surface area contributed by atoms with Crippen molar-refractivity contribution in [3.63, 3.8) is 0 Å². The number of rotatable bonds is 0. The topological polar surface area (TPSA) is 0 Å². The van der Waals surface area contributed by atoms with Crippen LogP contribution in [0.5, 0.6) is 0 Å². The third-order valence-electron chi connectivity index (χ3n) is 2.64. The second-order valence-electron chi connectivity index (χ2n) is 3.49. The Kier molecular flexibility index (Phi) is 7.77. The molecule has 1 radical (unpaired) electrons. The molecule has 15 heavy (non-hydrogen) atoms. The van der Waals surface area contributed by atoms with Gasteiger partial charge in [0.05, 0.1) is 0 Å². The molecule has 3 heteroatoms. The molecule has 0 nitrogen and oxygen atoms in total. The van der Waals surface area contributed by atoms with Crippen molar-refractivity contribution >= 4 is 10.8 Å². The molecule has 0 aliphatic heterocycles. The first-order valence-corrected chi connectivity index (χ1v) is 4.32. The number of hydrogen-bond donors (Lipinski definition) is 0. The van der Waals surface area contributed by atoms with Crippen molar-refractivity contribution in [2.24, 2.45) is 0 Å². The Hall–Kier alpha value is 0.124. The minimum absolute atomic E-state index is 0. The molecule has 0 spiro atoms. The molecule has 0 atom stereocenters. The molecule has 0 aromatic heterocycles. The molecule has 2 aromatic carbocycles. The fourth-order valence-corrected chi connectivity index (χ4v) is 1.86. The first kappa shape index (κ1) is 17.5. The van der Waals surface area contributed by atoms with Gasteiger partial charge in [-0.3, -0.25) is 0 Å². The Morgan fingerprint density at radius 2 is 1.60 bits per heavy atom. The van der Waals surface area contributed by atoms with Crippen LogP contribution in [-0.4, -0.2) is 0 Å².